The topological polar surface area (TPSA) is 87.8 Å². The summed E-state index contributed by atoms with van der Waals surface area (Å²) in [6.45, 7) is 6.62. The average Bonchev–Trinajstić information content (AvgIpc) is 3.56. The molecule has 1 aliphatic rings. The maximum atomic E-state index is 12.8. The number of aromatic nitrogens is 4. The van der Waals surface area contributed by atoms with Crippen LogP contribution < -0.4 is 10.9 Å². The molecule has 0 saturated carbocycles. The van der Waals surface area contributed by atoms with E-state index in [0.29, 0.717) is 12.1 Å². The standard InChI is InChI=1S/C25H29N7O2S/c33-24(18-31-25(34)22-16-21(23-8-4-15-35-23)28-32(22)19-27-31)26-9-5-10-29-11-13-30(14-12-29)17-20-6-2-1-3-7-20/h1-4,6-8,15-16,19H,5,9-14,17-18H2,(H,26,33). The zero-order valence-corrected chi connectivity index (χ0v) is 20.4. The summed E-state index contributed by atoms with van der Waals surface area (Å²) >= 11 is 1.56. The number of thiophene rings is 1. The third-order valence-corrected chi connectivity index (χ3v) is 7.14. The van der Waals surface area contributed by atoms with E-state index in [1.54, 1.807) is 17.4 Å². The molecular formula is C25H29N7O2S. The number of carbonyl (C=O) groups excluding carboxylic acids is 1. The molecule has 3 aromatic heterocycles. The molecule has 0 aliphatic carbocycles. The Morgan fingerprint density at radius 2 is 1.83 bits per heavy atom. The fourth-order valence-electron chi connectivity index (χ4n) is 4.33. The third kappa shape index (κ3) is 5.84. The van der Waals surface area contributed by atoms with Crippen LogP contribution in [0.15, 0.2) is 65.0 Å². The van der Waals surface area contributed by atoms with Crippen LogP contribution in [0.5, 0.6) is 0 Å². The summed E-state index contributed by atoms with van der Waals surface area (Å²) in [7, 11) is 0. The molecule has 1 aliphatic heterocycles. The van der Waals surface area contributed by atoms with Crippen LogP contribution in [0.4, 0.5) is 0 Å². The van der Waals surface area contributed by atoms with E-state index < -0.39 is 0 Å². The van der Waals surface area contributed by atoms with Crippen LogP contribution in [0, 0.1) is 0 Å². The van der Waals surface area contributed by atoms with Crippen molar-refractivity contribution in [3.05, 3.63) is 76.2 Å². The first-order chi connectivity index (χ1) is 17.2. The van der Waals surface area contributed by atoms with Gasteiger partial charge in [0.2, 0.25) is 5.91 Å². The molecule has 0 radical (unpaired) electrons. The monoisotopic (exact) mass is 491 g/mol. The number of benzene rings is 1. The minimum atomic E-state index is -0.327. The Morgan fingerprint density at radius 1 is 1.03 bits per heavy atom. The lowest BCUT2D eigenvalue weighted by atomic mass is 10.2. The minimum Gasteiger partial charge on any atom is -0.354 e. The first-order valence-electron chi connectivity index (χ1n) is 11.9. The Balaban J connectivity index is 1.05. The third-order valence-electron chi connectivity index (χ3n) is 6.24. The number of carbonyl (C=O) groups is 1. The van der Waals surface area contributed by atoms with Gasteiger partial charge in [-0.1, -0.05) is 36.4 Å². The summed E-state index contributed by atoms with van der Waals surface area (Å²) in [5.74, 6) is -0.213. The highest BCUT2D eigenvalue weighted by molar-refractivity contribution is 7.13. The Kier molecular flexibility index (Phi) is 7.31. The summed E-state index contributed by atoms with van der Waals surface area (Å²) in [4.78, 5) is 31.1. The first-order valence-corrected chi connectivity index (χ1v) is 12.8. The molecule has 4 aromatic rings. The summed E-state index contributed by atoms with van der Waals surface area (Å²) in [6, 6.07) is 16.2. The summed E-state index contributed by atoms with van der Waals surface area (Å²) in [6.07, 6.45) is 2.34. The van der Waals surface area contributed by atoms with Crippen molar-refractivity contribution < 1.29 is 4.79 Å². The van der Waals surface area contributed by atoms with Crippen molar-refractivity contribution in [2.24, 2.45) is 0 Å². The summed E-state index contributed by atoms with van der Waals surface area (Å²) in [5, 5.41) is 13.4. The van der Waals surface area contributed by atoms with E-state index >= 15 is 0 Å². The summed E-state index contributed by atoms with van der Waals surface area (Å²) in [5.41, 5.74) is 2.16. The second-order valence-corrected chi connectivity index (χ2v) is 9.69. The SMILES string of the molecule is O=C(Cn1ncn2nc(-c3cccs3)cc2c1=O)NCCCN1CCN(Cc2ccccc2)CC1. The Morgan fingerprint density at radius 3 is 2.60 bits per heavy atom. The number of rotatable bonds is 9. The van der Waals surface area contributed by atoms with Crippen LogP contribution in [0.1, 0.15) is 12.0 Å². The van der Waals surface area contributed by atoms with Crippen molar-refractivity contribution in [3.8, 4) is 10.6 Å². The Hall–Kier alpha value is -3.34. The fourth-order valence-corrected chi connectivity index (χ4v) is 5.01. The van der Waals surface area contributed by atoms with Gasteiger partial charge in [0.25, 0.3) is 5.56 Å². The zero-order valence-electron chi connectivity index (χ0n) is 19.5. The van der Waals surface area contributed by atoms with Crippen LogP contribution in [0.25, 0.3) is 16.1 Å². The Bertz CT molecular complexity index is 1310. The number of nitrogens with one attached hydrogen (secondary N) is 1. The maximum Gasteiger partial charge on any atom is 0.293 e. The molecular weight excluding hydrogens is 462 g/mol. The van der Waals surface area contributed by atoms with Gasteiger partial charge in [-0.25, -0.2) is 9.20 Å². The van der Waals surface area contributed by atoms with Gasteiger partial charge in [0.1, 0.15) is 24.1 Å². The van der Waals surface area contributed by atoms with E-state index in [2.05, 4.69) is 55.6 Å². The fraction of sp³-hybridized carbons (Fsp3) is 0.360. The van der Waals surface area contributed by atoms with Gasteiger partial charge in [-0.2, -0.15) is 10.2 Å². The van der Waals surface area contributed by atoms with E-state index in [1.165, 1.54) is 21.1 Å². The van der Waals surface area contributed by atoms with Gasteiger partial charge in [0.15, 0.2) is 0 Å². The van der Waals surface area contributed by atoms with Crippen LogP contribution in [0.3, 0.4) is 0 Å². The quantitative estimate of drug-likeness (QED) is 0.360. The molecule has 9 nitrogen and oxygen atoms in total. The number of nitrogens with zero attached hydrogens (tertiary/aromatic N) is 6. The van der Waals surface area contributed by atoms with Crippen molar-refractivity contribution in [1.29, 1.82) is 0 Å². The average molecular weight is 492 g/mol. The molecule has 5 rings (SSSR count). The molecule has 0 atom stereocenters. The van der Waals surface area contributed by atoms with E-state index in [0.717, 1.165) is 56.3 Å². The number of amides is 1. The molecule has 35 heavy (non-hydrogen) atoms. The highest BCUT2D eigenvalue weighted by Gasteiger charge is 2.17. The molecule has 1 fully saturated rings. The lowest BCUT2D eigenvalue weighted by Gasteiger charge is -2.34. The predicted octanol–water partition coefficient (Wildman–Crippen LogP) is 1.94. The minimum absolute atomic E-state index is 0.104. The van der Waals surface area contributed by atoms with Crippen molar-refractivity contribution in [2.75, 3.05) is 39.3 Å². The smallest absolute Gasteiger partial charge is 0.293 e. The van der Waals surface area contributed by atoms with Crippen LogP contribution in [-0.2, 0) is 17.9 Å². The van der Waals surface area contributed by atoms with Crippen molar-refractivity contribution in [3.63, 3.8) is 0 Å². The lowest BCUT2D eigenvalue weighted by molar-refractivity contribution is -0.121. The molecule has 1 amide bonds. The number of fused-ring (bicyclic) bond motifs is 1. The second-order valence-electron chi connectivity index (χ2n) is 8.74. The molecule has 1 aromatic carbocycles. The van der Waals surface area contributed by atoms with E-state index in [-0.39, 0.29) is 18.0 Å². The molecule has 10 heteroatoms. The molecule has 182 valence electrons. The zero-order chi connectivity index (χ0) is 24.0. The summed E-state index contributed by atoms with van der Waals surface area (Å²) < 4.78 is 2.65. The van der Waals surface area contributed by atoms with Gasteiger partial charge < -0.3 is 10.2 Å². The lowest BCUT2D eigenvalue weighted by Crippen LogP contribution is -2.46. The molecule has 4 heterocycles. The normalized spacial score (nSPS) is 15.0. The van der Waals surface area contributed by atoms with Gasteiger partial charge in [0, 0.05) is 39.3 Å². The van der Waals surface area contributed by atoms with E-state index in [1.807, 2.05) is 17.5 Å². The van der Waals surface area contributed by atoms with Gasteiger partial charge in [-0.15, -0.1) is 11.3 Å². The molecule has 0 spiro atoms. The van der Waals surface area contributed by atoms with Crippen molar-refractivity contribution in [1.82, 2.24) is 34.5 Å². The molecule has 0 bridgehead atoms. The van der Waals surface area contributed by atoms with E-state index in [4.69, 9.17) is 0 Å². The maximum absolute atomic E-state index is 12.8. The second kappa shape index (κ2) is 10.9. The molecule has 1 N–H and O–H groups in total. The van der Waals surface area contributed by atoms with Gasteiger partial charge in [-0.3, -0.25) is 14.5 Å². The number of hydrogen-bond acceptors (Lipinski definition) is 7. The first kappa shape index (κ1) is 23.4. The van der Waals surface area contributed by atoms with E-state index in [9.17, 15) is 9.59 Å². The number of piperazine rings is 1. The Labute approximate surface area is 207 Å². The molecule has 0 unspecified atom stereocenters. The van der Waals surface area contributed by atoms with Gasteiger partial charge in [0.05, 0.1) is 4.88 Å². The highest BCUT2D eigenvalue weighted by atomic mass is 32.1. The van der Waals surface area contributed by atoms with Crippen LogP contribution in [-0.4, -0.2) is 74.4 Å². The number of hydrogen-bond donors (Lipinski definition) is 1. The van der Waals surface area contributed by atoms with Crippen molar-refractivity contribution >= 4 is 22.8 Å². The van der Waals surface area contributed by atoms with Gasteiger partial charge >= 0.3 is 0 Å². The molecule has 1 saturated heterocycles. The van der Waals surface area contributed by atoms with Crippen molar-refractivity contribution in [2.45, 2.75) is 19.5 Å². The van der Waals surface area contributed by atoms with Crippen LogP contribution in [0.2, 0.25) is 0 Å². The van der Waals surface area contributed by atoms with Crippen LogP contribution >= 0.6 is 11.3 Å². The highest BCUT2D eigenvalue weighted by Crippen LogP contribution is 2.23. The predicted molar refractivity (Wildman–Crippen MR) is 136 cm³/mol. The largest absolute Gasteiger partial charge is 0.354 e. The van der Waals surface area contributed by atoms with Gasteiger partial charge in [-0.05, 0) is 36.0 Å².